The van der Waals surface area contributed by atoms with Gasteiger partial charge >= 0.3 is 6.18 Å². The van der Waals surface area contributed by atoms with Gasteiger partial charge in [-0.2, -0.15) is 23.1 Å². The fourth-order valence-electron chi connectivity index (χ4n) is 2.21. The molecule has 0 saturated carbocycles. The van der Waals surface area contributed by atoms with Gasteiger partial charge in [-0.05, 0) is 24.3 Å². The van der Waals surface area contributed by atoms with E-state index in [4.69, 9.17) is 0 Å². The van der Waals surface area contributed by atoms with E-state index in [0.717, 1.165) is 6.07 Å². The fourth-order valence-corrected chi connectivity index (χ4v) is 2.21. The molecule has 0 bridgehead atoms. The molecular weight excluding hydrogens is 381 g/mol. The Bertz CT molecular complexity index is 1020. The zero-order valence-electron chi connectivity index (χ0n) is 13.8. The lowest BCUT2D eigenvalue weighted by Gasteiger charge is -2.10. The second kappa shape index (κ2) is 7.34. The molecule has 2 aromatic carbocycles. The third-order valence-electron chi connectivity index (χ3n) is 3.54. The van der Waals surface area contributed by atoms with E-state index in [2.05, 4.69) is 21.0 Å². The van der Waals surface area contributed by atoms with Crippen LogP contribution in [0.25, 0.3) is 5.69 Å². The largest absolute Gasteiger partial charge is 0.416 e. The van der Waals surface area contributed by atoms with Crippen LogP contribution >= 0.6 is 0 Å². The number of nitro benzene ring substituents is 1. The van der Waals surface area contributed by atoms with Crippen molar-refractivity contribution < 1.29 is 22.9 Å². The number of anilines is 1. The number of benzene rings is 2. The Morgan fingerprint density at radius 2 is 1.86 bits per heavy atom. The maximum Gasteiger partial charge on any atom is 0.416 e. The van der Waals surface area contributed by atoms with Gasteiger partial charge in [-0.1, -0.05) is 18.2 Å². The van der Waals surface area contributed by atoms with Crippen molar-refractivity contribution in [2.24, 2.45) is 0 Å². The molecule has 1 amide bonds. The van der Waals surface area contributed by atoms with Crippen molar-refractivity contribution in [3.05, 3.63) is 76.1 Å². The molecule has 0 saturated heterocycles. The number of carbonyl (C=O) groups is 1. The summed E-state index contributed by atoms with van der Waals surface area (Å²) in [4.78, 5) is 23.4. The molecule has 0 radical (unpaired) electrons. The highest BCUT2D eigenvalue weighted by Gasteiger charge is 2.33. The molecule has 9 nitrogen and oxygen atoms in total. The number of hydrogen-bond acceptors (Lipinski definition) is 6. The predicted octanol–water partition coefficient (Wildman–Crippen LogP) is 2.95. The summed E-state index contributed by atoms with van der Waals surface area (Å²) in [5.41, 5.74) is 2.54. The van der Waals surface area contributed by atoms with Crippen LogP contribution < -0.4 is 10.9 Å². The van der Waals surface area contributed by atoms with Crippen molar-refractivity contribution in [1.82, 2.24) is 20.4 Å². The number of nitrogens with zero attached hydrogens (tertiary/aromatic N) is 4. The van der Waals surface area contributed by atoms with Gasteiger partial charge in [0.05, 0.1) is 22.4 Å². The van der Waals surface area contributed by atoms with Gasteiger partial charge in [0.1, 0.15) is 5.69 Å². The topological polar surface area (TPSA) is 115 Å². The second-order valence-corrected chi connectivity index (χ2v) is 5.42. The van der Waals surface area contributed by atoms with Crippen molar-refractivity contribution in [3.8, 4) is 5.69 Å². The number of aromatic nitrogens is 3. The Morgan fingerprint density at radius 3 is 2.50 bits per heavy atom. The fraction of sp³-hybridized carbons (Fsp3) is 0.0625. The van der Waals surface area contributed by atoms with Crippen LogP contribution in [-0.4, -0.2) is 25.8 Å². The third-order valence-corrected chi connectivity index (χ3v) is 3.54. The molecule has 0 unspecified atom stereocenters. The molecular formula is C16H11F3N6O3. The molecule has 0 aliphatic rings. The molecule has 1 aromatic heterocycles. The summed E-state index contributed by atoms with van der Waals surface area (Å²) in [5.74, 6) is -0.781. The van der Waals surface area contributed by atoms with Crippen molar-refractivity contribution in [2.45, 2.75) is 6.18 Å². The lowest BCUT2D eigenvalue weighted by Crippen LogP contribution is -2.30. The Balaban J connectivity index is 1.74. The molecule has 28 heavy (non-hydrogen) atoms. The van der Waals surface area contributed by atoms with E-state index in [-0.39, 0.29) is 11.4 Å². The molecule has 1 heterocycles. The quantitative estimate of drug-likeness (QED) is 0.510. The van der Waals surface area contributed by atoms with Gasteiger partial charge in [0.25, 0.3) is 11.6 Å². The lowest BCUT2D eigenvalue weighted by molar-refractivity contribution is -0.384. The first-order chi connectivity index (χ1) is 13.3. The van der Waals surface area contributed by atoms with E-state index in [9.17, 15) is 28.1 Å². The number of rotatable bonds is 5. The van der Waals surface area contributed by atoms with Crippen molar-refractivity contribution in [1.29, 1.82) is 0 Å². The number of para-hydroxylation sites is 1. The molecule has 0 aliphatic heterocycles. The number of nitro groups is 1. The van der Waals surface area contributed by atoms with Crippen LogP contribution in [0.1, 0.15) is 16.1 Å². The van der Waals surface area contributed by atoms with E-state index in [1.54, 1.807) is 30.3 Å². The number of halogens is 3. The van der Waals surface area contributed by atoms with Crippen molar-refractivity contribution in [2.75, 3.05) is 5.43 Å². The highest BCUT2D eigenvalue weighted by molar-refractivity contribution is 5.92. The zero-order chi connectivity index (χ0) is 20.3. The number of nitrogens with one attached hydrogen (secondary N) is 2. The van der Waals surface area contributed by atoms with Gasteiger partial charge in [0, 0.05) is 6.07 Å². The minimum absolute atomic E-state index is 0.106. The number of hydrazine groups is 1. The number of carbonyl (C=O) groups excluding carboxylic acids is 1. The maximum absolute atomic E-state index is 12.7. The van der Waals surface area contributed by atoms with Crippen LogP contribution in [0.4, 0.5) is 24.5 Å². The highest BCUT2D eigenvalue weighted by atomic mass is 19.4. The van der Waals surface area contributed by atoms with Crippen LogP contribution in [0.15, 0.2) is 54.7 Å². The molecule has 3 rings (SSSR count). The average molecular weight is 392 g/mol. The summed E-state index contributed by atoms with van der Waals surface area (Å²) >= 11 is 0. The number of amides is 1. The molecule has 2 N–H and O–H groups in total. The Morgan fingerprint density at radius 1 is 1.14 bits per heavy atom. The first kappa shape index (κ1) is 18.8. The van der Waals surface area contributed by atoms with Gasteiger partial charge < -0.3 is 0 Å². The van der Waals surface area contributed by atoms with E-state index in [0.29, 0.717) is 17.8 Å². The Labute approximate surface area is 154 Å². The smallest absolute Gasteiger partial charge is 0.292 e. The first-order valence-corrected chi connectivity index (χ1v) is 7.65. The lowest BCUT2D eigenvalue weighted by atomic mass is 10.1. The van der Waals surface area contributed by atoms with Crippen molar-refractivity contribution in [3.63, 3.8) is 0 Å². The minimum Gasteiger partial charge on any atom is -0.292 e. The average Bonchev–Trinajstić information content (AvgIpc) is 3.16. The summed E-state index contributed by atoms with van der Waals surface area (Å²) < 4.78 is 38.1. The van der Waals surface area contributed by atoms with Gasteiger partial charge in [0.2, 0.25) is 0 Å². The van der Waals surface area contributed by atoms with E-state index in [1.165, 1.54) is 11.0 Å². The van der Waals surface area contributed by atoms with Crippen LogP contribution in [0.2, 0.25) is 0 Å². The summed E-state index contributed by atoms with van der Waals surface area (Å²) in [7, 11) is 0. The molecule has 0 spiro atoms. The SMILES string of the molecule is O=C(NNc1ccc(C(F)(F)F)cc1[N+](=O)[O-])c1cnn(-c2ccccc2)n1. The standard InChI is InChI=1S/C16H11F3N6O3/c17-16(18,19)10-6-7-12(14(8-10)25(27)28)21-22-15(26)13-9-20-24(23-13)11-4-2-1-3-5-11/h1-9,21H,(H,22,26). The van der Waals surface area contributed by atoms with Gasteiger partial charge in [-0.25, -0.2) is 0 Å². The number of alkyl halides is 3. The summed E-state index contributed by atoms with van der Waals surface area (Å²) in [6, 6.07) is 10.6. The maximum atomic E-state index is 12.7. The zero-order valence-corrected chi connectivity index (χ0v) is 13.8. The van der Waals surface area contributed by atoms with Crippen LogP contribution in [0, 0.1) is 10.1 Å². The molecule has 0 atom stereocenters. The van der Waals surface area contributed by atoms with Crippen LogP contribution in [0.5, 0.6) is 0 Å². The first-order valence-electron chi connectivity index (χ1n) is 7.65. The summed E-state index contributed by atoms with van der Waals surface area (Å²) in [6.45, 7) is 0. The monoisotopic (exact) mass is 392 g/mol. The Kier molecular flexibility index (Phi) is 4.94. The van der Waals surface area contributed by atoms with E-state index in [1.807, 2.05) is 0 Å². The molecule has 0 fully saturated rings. The summed E-state index contributed by atoms with van der Waals surface area (Å²) in [5, 5.41) is 18.9. The van der Waals surface area contributed by atoms with E-state index >= 15 is 0 Å². The molecule has 144 valence electrons. The van der Waals surface area contributed by atoms with Gasteiger partial charge in [-0.3, -0.25) is 25.8 Å². The third kappa shape index (κ3) is 4.06. The van der Waals surface area contributed by atoms with Crippen molar-refractivity contribution >= 4 is 17.3 Å². The van der Waals surface area contributed by atoms with E-state index < -0.39 is 28.3 Å². The minimum atomic E-state index is -4.73. The predicted molar refractivity (Wildman–Crippen MR) is 90.5 cm³/mol. The van der Waals surface area contributed by atoms with Crippen LogP contribution in [-0.2, 0) is 6.18 Å². The van der Waals surface area contributed by atoms with Gasteiger partial charge in [-0.15, -0.1) is 5.10 Å². The van der Waals surface area contributed by atoms with Gasteiger partial charge in [0.15, 0.2) is 5.69 Å². The van der Waals surface area contributed by atoms with Crippen LogP contribution in [0.3, 0.4) is 0 Å². The molecule has 3 aromatic rings. The second-order valence-electron chi connectivity index (χ2n) is 5.42. The number of hydrogen-bond donors (Lipinski definition) is 2. The highest BCUT2D eigenvalue weighted by Crippen LogP contribution is 2.34. The molecule has 12 heteroatoms. The summed E-state index contributed by atoms with van der Waals surface area (Å²) in [6.07, 6.45) is -3.56. The normalized spacial score (nSPS) is 11.1. The Hall–Kier alpha value is -3.96. The molecule has 0 aliphatic carbocycles.